The van der Waals surface area contributed by atoms with Crippen LogP contribution in [0.4, 0.5) is 0 Å². The molecule has 19 heavy (non-hydrogen) atoms. The Morgan fingerprint density at radius 2 is 2.26 bits per heavy atom. The van der Waals surface area contributed by atoms with Crippen molar-refractivity contribution in [2.24, 2.45) is 0 Å². The quantitative estimate of drug-likeness (QED) is 0.829. The van der Waals surface area contributed by atoms with Crippen LogP contribution in [0.15, 0.2) is 24.5 Å². The smallest absolute Gasteiger partial charge is 0.252 e. The van der Waals surface area contributed by atoms with Crippen molar-refractivity contribution in [2.75, 3.05) is 6.54 Å². The molecule has 0 amide bonds. The molecule has 0 saturated carbocycles. The fourth-order valence-electron chi connectivity index (χ4n) is 1.91. The fraction of sp³-hybridized carbons (Fsp3) is 0.357. The lowest BCUT2D eigenvalue weighted by molar-refractivity contribution is 0.670. The van der Waals surface area contributed by atoms with Crippen molar-refractivity contribution in [3.05, 3.63) is 41.5 Å². The Bertz CT molecular complexity index is 594. The summed E-state index contributed by atoms with van der Waals surface area (Å²) < 4.78 is 1.65. The monoisotopic (exact) mass is 255 g/mol. The summed E-state index contributed by atoms with van der Waals surface area (Å²) in [5.41, 5.74) is 3.32. The van der Waals surface area contributed by atoms with Crippen LogP contribution in [0, 0.1) is 18.3 Å². The molecule has 1 N–H and O–H groups in total. The number of aryl methyl sites for hydroxylation is 1. The topological polar surface area (TPSA) is 66.5 Å². The third-order valence-corrected chi connectivity index (χ3v) is 2.82. The van der Waals surface area contributed by atoms with Crippen molar-refractivity contribution in [3.63, 3.8) is 0 Å². The van der Waals surface area contributed by atoms with Crippen LogP contribution >= 0.6 is 0 Å². The van der Waals surface area contributed by atoms with Crippen LogP contribution in [0.3, 0.4) is 0 Å². The largest absolute Gasteiger partial charge is 0.313 e. The molecule has 1 aromatic heterocycles. The fourth-order valence-corrected chi connectivity index (χ4v) is 1.91. The number of nitrogens with one attached hydrogen (secondary N) is 1. The van der Waals surface area contributed by atoms with E-state index in [9.17, 15) is 0 Å². The minimum absolute atomic E-state index is 0.188. The Kier molecular flexibility index (Phi) is 4.26. The van der Waals surface area contributed by atoms with Crippen LogP contribution < -0.4 is 5.32 Å². The zero-order chi connectivity index (χ0) is 13.7. The van der Waals surface area contributed by atoms with Crippen molar-refractivity contribution in [1.29, 1.82) is 5.26 Å². The van der Waals surface area contributed by atoms with Crippen LogP contribution in [0.25, 0.3) is 5.69 Å². The second-order valence-corrected chi connectivity index (χ2v) is 4.43. The number of aromatic nitrogens is 3. The number of hydrogen-bond donors (Lipinski definition) is 1. The first-order valence-electron chi connectivity index (χ1n) is 6.37. The summed E-state index contributed by atoms with van der Waals surface area (Å²) in [6, 6.07) is 8.11. The molecule has 0 aliphatic carbocycles. The molecule has 0 bridgehead atoms. The number of benzene rings is 1. The van der Waals surface area contributed by atoms with Gasteiger partial charge >= 0.3 is 0 Å². The van der Waals surface area contributed by atoms with E-state index < -0.39 is 0 Å². The molecule has 98 valence electrons. The van der Waals surface area contributed by atoms with Gasteiger partial charge in [0.2, 0.25) is 0 Å². The Labute approximate surface area is 112 Å². The number of hydrogen-bond acceptors (Lipinski definition) is 4. The lowest BCUT2D eigenvalue weighted by Crippen LogP contribution is -2.16. The van der Waals surface area contributed by atoms with E-state index in [0.717, 1.165) is 30.8 Å². The molecule has 0 unspecified atom stereocenters. The summed E-state index contributed by atoms with van der Waals surface area (Å²) in [5.74, 6) is 0.188. The lowest BCUT2D eigenvalue weighted by Gasteiger charge is -2.11. The van der Waals surface area contributed by atoms with E-state index in [-0.39, 0.29) is 5.82 Å². The van der Waals surface area contributed by atoms with Crippen LogP contribution in [0.5, 0.6) is 0 Å². The molecular formula is C14H17N5. The molecule has 0 aliphatic heterocycles. The van der Waals surface area contributed by atoms with Crippen LogP contribution in [-0.2, 0) is 6.54 Å². The highest BCUT2D eigenvalue weighted by molar-refractivity contribution is 5.42. The average molecular weight is 255 g/mol. The second-order valence-electron chi connectivity index (χ2n) is 4.43. The van der Waals surface area contributed by atoms with Crippen molar-refractivity contribution >= 4 is 0 Å². The zero-order valence-corrected chi connectivity index (χ0v) is 11.2. The predicted octanol–water partition coefficient (Wildman–Crippen LogP) is 1.95. The predicted molar refractivity (Wildman–Crippen MR) is 72.8 cm³/mol. The SMILES string of the molecule is CCCNCc1cc(C)ccc1-n1cnc(C#N)n1. The molecule has 0 fully saturated rings. The minimum atomic E-state index is 0.188. The lowest BCUT2D eigenvalue weighted by atomic mass is 10.1. The van der Waals surface area contributed by atoms with Gasteiger partial charge in [0.15, 0.2) is 0 Å². The highest BCUT2D eigenvalue weighted by Crippen LogP contribution is 2.15. The summed E-state index contributed by atoms with van der Waals surface area (Å²) in [6.45, 7) is 5.97. The molecule has 2 rings (SSSR count). The van der Waals surface area contributed by atoms with E-state index >= 15 is 0 Å². The van der Waals surface area contributed by atoms with Gasteiger partial charge < -0.3 is 5.32 Å². The van der Waals surface area contributed by atoms with E-state index in [1.165, 1.54) is 5.56 Å². The zero-order valence-electron chi connectivity index (χ0n) is 11.2. The first-order valence-corrected chi connectivity index (χ1v) is 6.37. The molecule has 1 heterocycles. The Morgan fingerprint density at radius 1 is 1.42 bits per heavy atom. The highest BCUT2D eigenvalue weighted by atomic mass is 15.3. The molecule has 1 aromatic carbocycles. The number of rotatable bonds is 5. The van der Waals surface area contributed by atoms with Crippen molar-refractivity contribution in [2.45, 2.75) is 26.8 Å². The normalized spacial score (nSPS) is 10.4. The van der Waals surface area contributed by atoms with Gasteiger partial charge in [-0.05, 0) is 31.5 Å². The highest BCUT2D eigenvalue weighted by Gasteiger charge is 2.07. The maximum absolute atomic E-state index is 8.78. The van der Waals surface area contributed by atoms with Gasteiger partial charge in [0, 0.05) is 6.54 Å². The summed E-state index contributed by atoms with van der Waals surface area (Å²) >= 11 is 0. The third-order valence-electron chi connectivity index (χ3n) is 2.82. The molecule has 2 aromatic rings. The van der Waals surface area contributed by atoms with Crippen molar-refractivity contribution in [3.8, 4) is 11.8 Å². The molecule has 5 nitrogen and oxygen atoms in total. The Balaban J connectivity index is 2.30. The number of nitriles is 1. The summed E-state index contributed by atoms with van der Waals surface area (Å²) in [5, 5.41) is 16.3. The maximum atomic E-state index is 8.78. The molecule has 0 radical (unpaired) electrons. The van der Waals surface area contributed by atoms with Crippen LogP contribution in [-0.4, -0.2) is 21.3 Å². The van der Waals surface area contributed by atoms with E-state index in [4.69, 9.17) is 5.26 Å². The third kappa shape index (κ3) is 3.18. The Hall–Kier alpha value is -2.19. The molecule has 5 heteroatoms. The van der Waals surface area contributed by atoms with Crippen LogP contribution in [0.2, 0.25) is 0 Å². The first-order chi connectivity index (χ1) is 9.24. The van der Waals surface area contributed by atoms with E-state index in [2.05, 4.69) is 35.3 Å². The van der Waals surface area contributed by atoms with Gasteiger partial charge in [-0.1, -0.05) is 24.6 Å². The van der Waals surface area contributed by atoms with Gasteiger partial charge in [0.05, 0.1) is 5.69 Å². The van der Waals surface area contributed by atoms with Gasteiger partial charge in [0.25, 0.3) is 5.82 Å². The average Bonchev–Trinajstić information content (AvgIpc) is 2.88. The van der Waals surface area contributed by atoms with Gasteiger partial charge in [-0.2, -0.15) is 5.26 Å². The van der Waals surface area contributed by atoms with Gasteiger partial charge in [-0.25, -0.2) is 9.67 Å². The summed E-state index contributed by atoms with van der Waals surface area (Å²) in [4.78, 5) is 3.94. The minimum Gasteiger partial charge on any atom is -0.313 e. The van der Waals surface area contributed by atoms with Crippen molar-refractivity contribution < 1.29 is 0 Å². The van der Waals surface area contributed by atoms with Gasteiger partial charge in [0.1, 0.15) is 12.4 Å². The molecule has 0 saturated heterocycles. The Morgan fingerprint density at radius 3 is 2.95 bits per heavy atom. The maximum Gasteiger partial charge on any atom is 0.252 e. The molecule has 0 aliphatic rings. The van der Waals surface area contributed by atoms with E-state index in [0.29, 0.717) is 0 Å². The van der Waals surface area contributed by atoms with Crippen molar-refractivity contribution in [1.82, 2.24) is 20.1 Å². The van der Waals surface area contributed by atoms with Gasteiger partial charge in [-0.3, -0.25) is 0 Å². The molecular weight excluding hydrogens is 238 g/mol. The van der Waals surface area contributed by atoms with Gasteiger partial charge in [-0.15, -0.1) is 5.10 Å². The summed E-state index contributed by atoms with van der Waals surface area (Å²) in [7, 11) is 0. The molecule has 0 spiro atoms. The standard InChI is InChI=1S/C14H17N5/c1-3-6-16-9-12-7-11(2)4-5-13(12)19-10-17-14(8-15)18-19/h4-5,7,10,16H,3,6,9H2,1-2H3. The van der Waals surface area contributed by atoms with E-state index in [1.807, 2.05) is 18.2 Å². The second kappa shape index (κ2) is 6.12. The van der Waals surface area contributed by atoms with Crippen LogP contribution in [0.1, 0.15) is 30.3 Å². The number of nitrogens with zero attached hydrogens (tertiary/aromatic N) is 4. The summed E-state index contributed by atoms with van der Waals surface area (Å²) in [6.07, 6.45) is 2.68. The first kappa shape index (κ1) is 13.2. The molecule has 0 atom stereocenters. The van der Waals surface area contributed by atoms with E-state index in [1.54, 1.807) is 11.0 Å².